The van der Waals surface area contributed by atoms with Gasteiger partial charge < -0.3 is 0 Å². The summed E-state index contributed by atoms with van der Waals surface area (Å²) in [5, 5.41) is 2.36. The van der Waals surface area contributed by atoms with Crippen LogP contribution in [0.5, 0.6) is 0 Å². The maximum absolute atomic E-state index is 8.35. The van der Waals surface area contributed by atoms with Crippen LogP contribution in [-0.4, -0.2) is 9.97 Å². The molecule has 0 unspecified atom stereocenters. The molecule has 0 atom stereocenters. The second-order valence-electron chi connectivity index (χ2n) is 8.68. The van der Waals surface area contributed by atoms with E-state index in [2.05, 4.69) is 42.5 Å². The molecule has 0 bridgehead atoms. The summed E-state index contributed by atoms with van der Waals surface area (Å²) >= 11 is 1.76. The van der Waals surface area contributed by atoms with Gasteiger partial charge in [-0.25, -0.2) is 9.97 Å². The third kappa shape index (κ3) is 4.00. The molecule has 0 saturated heterocycles. The van der Waals surface area contributed by atoms with Crippen molar-refractivity contribution in [2.45, 2.75) is 0 Å². The molecule has 0 amide bonds. The number of nitrogens with zero attached hydrogens (tertiary/aromatic N) is 2. The highest BCUT2D eigenvalue weighted by atomic mass is 32.1. The summed E-state index contributed by atoms with van der Waals surface area (Å²) in [7, 11) is 0. The van der Waals surface area contributed by atoms with Crippen LogP contribution in [0.4, 0.5) is 0 Å². The standard InChI is InChI=1S/C34H22N2S/c1-3-10-23(11-4-1)24-18-20-26(21-19-24)34-35-29(25-12-5-2-6-13-25)22-30(36-34)27-15-9-17-32-33(27)28-14-7-8-16-31(28)37-32/h1-22H/i1D,3D,4D,10D,11D. The monoisotopic (exact) mass is 495 g/mol. The molecular formula is C34H22N2S. The molecule has 174 valence electrons. The maximum atomic E-state index is 8.35. The molecule has 2 nitrogen and oxygen atoms in total. The Morgan fingerprint density at radius 2 is 1.24 bits per heavy atom. The fourth-order valence-corrected chi connectivity index (χ4v) is 5.77. The summed E-state index contributed by atoms with van der Waals surface area (Å²) in [4.78, 5) is 9.99. The minimum Gasteiger partial charge on any atom is -0.228 e. The van der Waals surface area contributed by atoms with E-state index >= 15 is 0 Å². The first kappa shape index (κ1) is 17.0. The van der Waals surface area contributed by atoms with Gasteiger partial charge in [0.05, 0.1) is 18.2 Å². The fraction of sp³-hybridized carbons (Fsp3) is 0. The molecule has 37 heavy (non-hydrogen) atoms. The van der Waals surface area contributed by atoms with Crippen molar-refractivity contribution in [1.29, 1.82) is 0 Å². The summed E-state index contributed by atoms with van der Waals surface area (Å²) in [6.45, 7) is 0. The lowest BCUT2D eigenvalue weighted by molar-refractivity contribution is 1.19. The van der Waals surface area contributed by atoms with E-state index < -0.39 is 6.04 Å². The average molecular weight is 496 g/mol. The summed E-state index contributed by atoms with van der Waals surface area (Å²) in [6, 6.07) is 32.4. The van der Waals surface area contributed by atoms with Gasteiger partial charge in [-0.2, -0.15) is 0 Å². The van der Waals surface area contributed by atoms with Gasteiger partial charge in [-0.05, 0) is 29.3 Å². The number of fused-ring (bicyclic) bond motifs is 3. The number of hydrogen-bond acceptors (Lipinski definition) is 3. The van der Waals surface area contributed by atoms with E-state index in [1.807, 2.05) is 48.5 Å². The van der Waals surface area contributed by atoms with Gasteiger partial charge in [0.25, 0.3) is 0 Å². The predicted octanol–water partition coefficient (Wildman–Crippen LogP) is 9.51. The lowest BCUT2D eigenvalue weighted by Crippen LogP contribution is -1.96. The van der Waals surface area contributed by atoms with Crippen LogP contribution in [0, 0.1) is 0 Å². The molecule has 0 radical (unpaired) electrons. The first-order valence-electron chi connectivity index (χ1n) is 14.4. The first-order chi connectivity index (χ1) is 20.4. The Labute approximate surface area is 226 Å². The topological polar surface area (TPSA) is 25.8 Å². The minimum atomic E-state index is -0.405. The van der Waals surface area contributed by atoms with E-state index in [1.54, 1.807) is 23.5 Å². The van der Waals surface area contributed by atoms with Crippen molar-refractivity contribution in [3.05, 3.63) is 133 Å². The van der Waals surface area contributed by atoms with E-state index in [-0.39, 0.29) is 29.7 Å². The van der Waals surface area contributed by atoms with Crippen molar-refractivity contribution >= 4 is 31.5 Å². The van der Waals surface area contributed by atoms with Crippen molar-refractivity contribution in [2.24, 2.45) is 0 Å². The third-order valence-corrected chi connectivity index (χ3v) is 7.54. The summed E-state index contributed by atoms with van der Waals surface area (Å²) in [6.07, 6.45) is 0. The van der Waals surface area contributed by atoms with Crippen molar-refractivity contribution in [2.75, 3.05) is 0 Å². The molecule has 0 saturated carbocycles. The zero-order chi connectivity index (χ0) is 29.0. The molecule has 5 aromatic carbocycles. The Morgan fingerprint density at radius 1 is 0.541 bits per heavy atom. The molecule has 7 aromatic rings. The highest BCUT2D eigenvalue weighted by Gasteiger charge is 2.15. The molecular weight excluding hydrogens is 468 g/mol. The highest BCUT2D eigenvalue weighted by Crippen LogP contribution is 2.40. The molecule has 0 aliphatic carbocycles. The van der Waals surface area contributed by atoms with Gasteiger partial charge in [0.15, 0.2) is 5.82 Å². The van der Waals surface area contributed by atoms with Crippen LogP contribution in [0.2, 0.25) is 0 Å². The Kier molecular flexibility index (Phi) is 4.18. The smallest absolute Gasteiger partial charge is 0.160 e. The van der Waals surface area contributed by atoms with Gasteiger partial charge in [0.1, 0.15) is 0 Å². The van der Waals surface area contributed by atoms with E-state index in [1.165, 1.54) is 20.2 Å². The summed E-state index contributed by atoms with van der Waals surface area (Å²) in [5.74, 6) is 0.538. The number of thiophene rings is 1. The number of benzene rings is 5. The van der Waals surface area contributed by atoms with Crippen LogP contribution >= 0.6 is 11.3 Å². The number of rotatable bonds is 4. The van der Waals surface area contributed by atoms with Crippen LogP contribution in [0.15, 0.2) is 133 Å². The van der Waals surface area contributed by atoms with Crippen LogP contribution in [0.25, 0.3) is 65.2 Å². The second-order valence-corrected chi connectivity index (χ2v) is 9.77. The predicted molar refractivity (Wildman–Crippen MR) is 157 cm³/mol. The average Bonchev–Trinajstić information content (AvgIpc) is 3.42. The SMILES string of the molecule is [2H]c1c([2H])c([2H])c(-c2ccc(-c3nc(-c4ccccc4)cc(-c4cccc5sc6ccccc6c45)n3)cc2)c([2H])c1[2H]. The molecule has 7 rings (SSSR count). The maximum Gasteiger partial charge on any atom is 0.160 e. The molecule has 0 N–H and O–H groups in total. The molecule has 3 heteroatoms. The highest BCUT2D eigenvalue weighted by molar-refractivity contribution is 7.25. The fourth-order valence-electron chi connectivity index (χ4n) is 4.64. The largest absolute Gasteiger partial charge is 0.228 e. The zero-order valence-electron chi connectivity index (χ0n) is 24.6. The first-order valence-corrected chi connectivity index (χ1v) is 12.7. The van der Waals surface area contributed by atoms with Crippen molar-refractivity contribution < 1.29 is 6.85 Å². The van der Waals surface area contributed by atoms with E-state index in [0.29, 0.717) is 11.4 Å². The number of hydrogen-bond donors (Lipinski definition) is 0. The number of aromatic nitrogens is 2. The third-order valence-electron chi connectivity index (χ3n) is 6.41. The van der Waals surface area contributed by atoms with Gasteiger partial charge in [-0.3, -0.25) is 0 Å². The quantitative estimate of drug-likeness (QED) is 0.243. The van der Waals surface area contributed by atoms with Crippen molar-refractivity contribution in [1.82, 2.24) is 9.97 Å². The van der Waals surface area contributed by atoms with Crippen molar-refractivity contribution in [3.8, 4) is 45.0 Å². The minimum absolute atomic E-state index is 0.170. The molecule has 0 aliphatic rings. The molecule has 2 heterocycles. The lowest BCUT2D eigenvalue weighted by Gasteiger charge is -2.11. The Hall–Kier alpha value is -4.60. The normalized spacial score (nSPS) is 13.1. The molecule has 0 aliphatic heterocycles. The van der Waals surface area contributed by atoms with Gasteiger partial charge in [-0.15, -0.1) is 11.3 Å². The summed E-state index contributed by atoms with van der Waals surface area (Å²) in [5.41, 5.74) is 5.06. The molecule has 0 spiro atoms. The van der Waals surface area contributed by atoms with Gasteiger partial charge in [-0.1, -0.05) is 115 Å². The van der Waals surface area contributed by atoms with E-state index in [0.717, 1.165) is 28.1 Å². The Bertz CT molecular complexity index is 2110. The molecule has 0 fully saturated rings. The van der Waals surface area contributed by atoms with E-state index in [9.17, 15) is 0 Å². The van der Waals surface area contributed by atoms with Gasteiger partial charge >= 0.3 is 0 Å². The van der Waals surface area contributed by atoms with Crippen LogP contribution in [0.3, 0.4) is 0 Å². The van der Waals surface area contributed by atoms with Gasteiger partial charge in [0.2, 0.25) is 0 Å². The second kappa shape index (κ2) is 9.12. The molecule has 2 aromatic heterocycles. The zero-order valence-corrected chi connectivity index (χ0v) is 20.4. The van der Waals surface area contributed by atoms with Gasteiger partial charge in [0, 0.05) is 36.9 Å². The van der Waals surface area contributed by atoms with Crippen LogP contribution < -0.4 is 0 Å². The van der Waals surface area contributed by atoms with Crippen molar-refractivity contribution in [3.63, 3.8) is 0 Å². The van der Waals surface area contributed by atoms with Crippen LogP contribution in [0.1, 0.15) is 6.85 Å². The lowest BCUT2D eigenvalue weighted by atomic mass is 10.0. The van der Waals surface area contributed by atoms with Crippen LogP contribution in [-0.2, 0) is 0 Å². The Balaban J connectivity index is 1.41. The van der Waals surface area contributed by atoms with E-state index in [4.69, 9.17) is 16.8 Å². The summed E-state index contributed by atoms with van der Waals surface area (Å²) < 4.78 is 43.1. The Morgan fingerprint density at radius 3 is 2.08 bits per heavy atom.